The zero-order valence-electron chi connectivity index (χ0n) is 17.1. The van der Waals surface area contributed by atoms with Crippen LogP contribution in [-0.4, -0.2) is 26.0 Å². The Hall–Kier alpha value is -3.06. The molecule has 0 radical (unpaired) electrons. The molecule has 2 aromatic rings. The van der Waals surface area contributed by atoms with Gasteiger partial charge in [0.05, 0.1) is 19.8 Å². The lowest BCUT2D eigenvalue weighted by molar-refractivity contribution is -0.139. The number of carbonyl (C=O) groups excluding carboxylic acids is 1. The minimum atomic E-state index is -0.552. The molecule has 30 heavy (non-hydrogen) atoms. The minimum Gasteiger partial charge on any atom is -0.490 e. The number of esters is 1. The molecule has 2 aromatic carbocycles. The van der Waals surface area contributed by atoms with Gasteiger partial charge in [0.15, 0.2) is 18.3 Å². The van der Waals surface area contributed by atoms with E-state index in [-0.39, 0.29) is 20.0 Å². The van der Waals surface area contributed by atoms with Gasteiger partial charge in [-0.2, -0.15) is 0 Å². The van der Waals surface area contributed by atoms with E-state index in [9.17, 15) is 9.18 Å². The van der Waals surface area contributed by atoms with Gasteiger partial charge in [-0.3, -0.25) is 0 Å². The highest BCUT2D eigenvalue weighted by Gasteiger charge is 2.17. The Morgan fingerprint density at radius 2 is 2.03 bits per heavy atom. The van der Waals surface area contributed by atoms with Crippen molar-refractivity contribution in [1.29, 1.82) is 0 Å². The summed E-state index contributed by atoms with van der Waals surface area (Å²) in [4.78, 5) is 12.1. The summed E-state index contributed by atoms with van der Waals surface area (Å²) in [5, 5.41) is 0. The maximum Gasteiger partial charge on any atom is 0.331 e. The first kappa shape index (κ1) is 21.6. The van der Waals surface area contributed by atoms with E-state index < -0.39 is 11.8 Å². The standard InChI is InChI=1S/C23H25FO6/c1-3-9-28-20-7-5-16(10-21(20)27-4-2)6-8-22(25)29-14-18-12-19(24)11-17-13-26-15-30-23(17)18/h5-8,10-12H,3-4,9,13-15H2,1-2H3/b8-6+. The van der Waals surface area contributed by atoms with E-state index in [0.29, 0.717) is 41.6 Å². The van der Waals surface area contributed by atoms with Crippen LogP contribution in [0.3, 0.4) is 0 Å². The van der Waals surface area contributed by atoms with Crippen LogP contribution in [0.25, 0.3) is 6.08 Å². The second-order valence-corrected chi connectivity index (χ2v) is 6.59. The molecule has 1 aliphatic rings. The van der Waals surface area contributed by atoms with Gasteiger partial charge in [0.1, 0.15) is 18.2 Å². The molecule has 0 atom stereocenters. The predicted molar refractivity (Wildman–Crippen MR) is 109 cm³/mol. The molecule has 1 aliphatic heterocycles. The molecule has 7 heteroatoms. The quantitative estimate of drug-likeness (QED) is 0.439. The molecule has 0 aromatic heterocycles. The van der Waals surface area contributed by atoms with Crippen LogP contribution in [0.2, 0.25) is 0 Å². The Morgan fingerprint density at radius 3 is 2.83 bits per heavy atom. The molecule has 0 N–H and O–H groups in total. The van der Waals surface area contributed by atoms with Crippen LogP contribution < -0.4 is 14.2 Å². The van der Waals surface area contributed by atoms with Crippen LogP contribution in [0.15, 0.2) is 36.4 Å². The van der Waals surface area contributed by atoms with E-state index in [1.54, 1.807) is 12.1 Å². The molecule has 6 nitrogen and oxygen atoms in total. The van der Waals surface area contributed by atoms with E-state index in [1.165, 1.54) is 18.2 Å². The van der Waals surface area contributed by atoms with Gasteiger partial charge in [0.25, 0.3) is 0 Å². The van der Waals surface area contributed by atoms with Crippen LogP contribution in [0.4, 0.5) is 4.39 Å². The summed E-state index contributed by atoms with van der Waals surface area (Å²) in [6.45, 7) is 5.27. The van der Waals surface area contributed by atoms with Crippen molar-refractivity contribution >= 4 is 12.0 Å². The molecule has 0 unspecified atom stereocenters. The molecule has 0 aliphatic carbocycles. The lowest BCUT2D eigenvalue weighted by Crippen LogP contribution is -2.14. The molecule has 0 saturated carbocycles. The van der Waals surface area contributed by atoms with Crippen molar-refractivity contribution < 1.29 is 32.9 Å². The summed E-state index contributed by atoms with van der Waals surface area (Å²) < 4.78 is 40.9. The van der Waals surface area contributed by atoms with E-state index in [0.717, 1.165) is 12.0 Å². The van der Waals surface area contributed by atoms with Crippen LogP contribution >= 0.6 is 0 Å². The summed E-state index contributed by atoms with van der Waals surface area (Å²) >= 11 is 0. The number of ether oxygens (including phenoxy) is 5. The average molecular weight is 416 g/mol. The largest absolute Gasteiger partial charge is 0.490 e. The maximum atomic E-state index is 13.8. The van der Waals surface area contributed by atoms with Crippen molar-refractivity contribution in [3.63, 3.8) is 0 Å². The molecule has 0 spiro atoms. The topological polar surface area (TPSA) is 63.2 Å². The van der Waals surface area contributed by atoms with Crippen molar-refractivity contribution in [2.45, 2.75) is 33.5 Å². The third-order valence-corrected chi connectivity index (χ3v) is 4.26. The van der Waals surface area contributed by atoms with Crippen molar-refractivity contribution in [2.75, 3.05) is 20.0 Å². The summed E-state index contributed by atoms with van der Waals surface area (Å²) in [5.41, 5.74) is 1.82. The van der Waals surface area contributed by atoms with Gasteiger partial charge in [-0.25, -0.2) is 9.18 Å². The molecule has 0 amide bonds. The highest BCUT2D eigenvalue weighted by molar-refractivity contribution is 5.87. The van der Waals surface area contributed by atoms with Gasteiger partial charge < -0.3 is 23.7 Å². The van der Waals surface area contributed by atoms with Gasteiger partial charge in [0, 0.05) is 17.2 Å². The number of hydrogen-bond acceptors (Lipinski definition) is 6. The second-order valence-electron chi connectivity index (χ2n) is 6.59. The highest BCUT2D eigenvalue weighted by atomic mass is 19.1. The van der Waals surface area contributed by atoms with Crippen LogP contribution in [0.1, 0.15) is 37.0 Å². The Bertz CT molecular complexity index is 909. The smallest absolute Gasteiger partial charge is 0.331 e. The van der Waals surface area contributed by atoms with Gasteiger partial charge >= 0.3 is 5.97 Å². The van der Waals surface area contributed by atoms with E-state index in [4.69, 9.17) is 23.7 Å². The average Bonchev–Trinajstić information content (AvgIpc) is 2.75. The van der Waals surface area contributed by atoms with Gasteiger partial charge in [-0.05, 0) is 49.2 Å². The highest BCUT2D eigenvalue weighted by Crippen LogP contribution is 2.31. The summed E-state index contributed by atoms with van der Waals surface area (Å²) in [6, 6.07) is 8.08. The van der Waals surface area contributed by atoms with Crippen molar-refractivity contribution in [1.82, 2.24) is 0 Å². The summed E-state index contributed by atoms with van der Waals surface area (Å²) in [7, 11) is 0. The predicted octanol–water partition coefficient (Wildman–Crippen LogP) is 4.64. The lowest BCUT2D eigenvalue weighted by Gasteiger charge is -2.20. The normalized spacial score (nSPS) is 12.9. The summed E-state index contributed by atoms with van der Waals surface area (Å²) in [5.74, 6) is 0.802. The minimum absolute atomic E-state index is 0.0829. The molecular weight excluding hydrogens is 391 g/mol. The number of carbonyl (C=O) groups is 1. The first-order valence-electron chi connectivity index (χ1n) is 9.87. The number of benzene rings is 2. The molecular formula is C23H25FO6. The fourth-order valence-electron chi connectivity index (χ4n) is 2.95. The third kappa shape index (κ3) is 5.73. The molecule has 0 fully saturated rings. The fourth-order valence-corrected chi connectivity index (χ4v) is 2.95. The first-order chi connectivity index (χ1) is 14.6. The van der Waals surface area contributed by atoms with Gasteiger partial charge in [-0.15, -0.1) is 0 Å². The maximum absolute atomic E-state index is 13.8. The van der Waals surface area contributed by atoms with E-state index >= 15 is 0 Å². The molecule has 1 heterocycles. The number of hydrogen-bond donors (Lipinski definition) is 0. The van der Waals surface area contributed by atoms with E-state index in [1.807, 2.05) is 26.0 Å². The fraction of sp³-hybridized carbons (Fsp3) is 0.348. The zero-order chi connectivity index (χ0) is 21.3. The third-order valence-electron chi connectivity index (χ3n) is 4.26. The van der Waals surface area contributed by atoms with Gasteiger partial charge in [0.2, 0.25) is 0 Å². The number of fused-ring (bicyclic) bond motifs is 1. The Balaban J connectivity index is 1.64. The lowest BCUT2D eigenvalue weighted by atomic mass is 10.1. The van der Waals surface area contributed by atoms with Crippen LogP contribution in [0, 0.1) is 5.82 Å². The van der Waals surface area contributed by atoms with E-state index in [2.05, 4.69) is 0 Å². The monoisotopic (exact) mass is 416 g/mol. The Kier molecular flexibility index (Phi) is 7.68. The molecule has 160 valence electrons. The second kappa shape index (κ2) is 10.6. The van der Waals surface area contributed by atoms with Gasteiger partial charge in [-0.1, -0.05) is 13.0 Å². The molecule has 0 saturated heterocycles. The summed E-state index contributed by atoms with van der Waals surface area (Å²) in [6.07, 6.45) is 3.83. The number of halogens is 1. The van der Waals surface area contributed by atoms with Crippen molar-refractivity contribution in [3.05, 3.63) is 58.9 Å². The number of rotatable bonds is 9. The Labute approximate surface area is 175 Å². The van der Waals surface area contributed by atoms with Crippen LogP contribution in [-0.2, 0) is 27.5 Å². The first-order valence-corrected chi connectivity index (χ1v) is 9.87. The SMILES string of the molecule is CCCOc1ccc(/C=C/C(=O)OCc2cc(F)cc3c2OCOC3)cc1OCC. The molecule has 3 rings (SSSR count). The Morgan fingerprint density at radius 1 is 1.17 bits per heavy atom. The molecule has 0 bridgehead atoms. The van der Waals surface area contributed by atoms with Crippen molar-refractivity contribution in [2.24, 2.45) is 0 Å². The van der Waals surface area contributed by atoms with Crippen molar-refractivity contribution in [3.8, 4) is 17.2 Å². The van der Waals surface area contributed by atoms with Crippen LogP contribution in [0.5, 0.6) is 17.2 Å². The zero-order valence-corrected chi connectivity index (χ0v) is 17.1.